The zero-order chi connectivity index (χ0) is 15.7. The van der Waals surface area contributed by atoms with Gasteiger partial charge in [-0.2, -0.15) is 0 Å². The Morgan fingerprint density at radius 2 is 2.05 bits per heavy atom. The summed E-state index contributed by atoms with van der Waals surface area (Å²) in [5.74, 6) is -0.0477. The van der Waals surface area contributed by atoms with E-state index in [1.807, 2.05) is 38.2 Å². The quantitative estimate of drug-likeness (QED) is 0.800. The number of nitrogens with one attached hydrogen (secondary N) is 1. The van der Waals surface area contributed by atoms with Gasteiger partial charge in [0.2, 0.25) is 5.91 Å². The van der Waals surface area contributed by atoms with Gasteiger partial charge in [-0.05, 0) is 24.3 Å². The van der Waals surface area contributed by atoms with Crippen LogP contribution in [0.4, 0.5) is 10.2 Å². The van der Waals surface area contributed by atoms with Crippen molar-refractivity contribution in [1.82, 2.24) is 9.38 Å². The summed E-state index contributed by atoms with van der Waals surface area (Å²) in [6.07, 6.45) is 1.82. The minimum absolute atomic E-state index is 0.108. The first-order valence-electron chi connectivity index (χ1n) is 7.10. The van der Waals surface area contributed by atoms with Crippen LogP contribution in [0.2, 0.25) is 0 Å². The highest BCUT2D eigenvalue weighted by Crippen LogP contribution is 2.29. The summed E-state index contributed by atoms with van der Waals surface area (Å²) in [7, 11) is 0. The molecule has 112 valence electrons. The lowest BCUT2D eigenvalue weighted by atomic mass is 10.1. The number of anilines is 1. The van der Waals surface area contributed by atoms with Gasteiger partial charge in [-0.25, -0.2) is 9.37 Å². The predicted molar refractivity (Wildman–Crippen MR) is 84.1 cm³/mol. The molecule has 4 nitrogen and oxygen atoms in total. The van der Waals surface area contributed by atoms with Crippen LogP contribution in [0.15, 0.2) is 48.7 Å². The first kappa shape index (κ1) is 14.3. The second kappa shape index (κ2) is 5.60. The maximum Gasteiger partial charge on any atom is 0.228 e. The van der Waals surface area contributed by atoms with Crippen molar-refractivity contribution < 1.29 is 9.18 Å². The normalized spacial score (nSPS) is 11.1. The number of halogens is 1. The highest BCUT2D eigenvalue weighted by molar-refractivity contribution is 5.95. The molecule has 1 amide bonds. The van der Waals surface area contributed by atoms with E-state index in [-0.39, 0.29) is 17.6 Å². The number of benzene rings is 1. The molecular formula is C17H16FN3O. The van der Waals surface area contributed by atoms with Crippen molar-refractivity contribution in [1.29, 1.82) is 0 Å². The van der Waals surface area contributed by atoms with Crippen molar-refractivity contribution in [2.75, 3.05) is 5.32 Å². The molecule has 1 aromatic carbocycles. The van der Waals surface area contributed by atoms with Crippen molar-refractivity contribution in [2.24, 2.45) is 5.92 Å². The number of amides is 1. The van der Waals surface area contributed by atoms with Crippen molar-refractivity contribution in [3.63, 3.8) is 0 Å². The van der Waals surface area contributed by atoms with E-state index < -0.39 is 0 Å². The van der Waals surface area contributed by atoms with Gasteiger partial charge in [0.15, 0.2) is 0 Å². The van der Waals surface area contributed by atoms with E-state index in [9.17, 15) is 9.18 Å². The molecule has 0 aliphatic heterocycles. The predicted octanol–water partition coefficient (Wildman–Crippen LogP) is 3.73. The monoisotopic (exact) mass is 297 g/mol. The standard InChI is InChI=1S/C17H16FN3O/c1-11(2)17(22)20-16-15(12-6-5-7-13(18)10-12)19-14-8-3-4-9-21(14)16/h3-11H,1-2H3,(H,20,22). The van der Waals surface area contributed by atoms with Crippen LogP contribution in [0.5, 0.6) is 0 Å². The molecule has 1 N–H and O–H groups in total. The third-order valence-electron chi connectivity index (χ3n) is 3.39. The largest absolute Gasteiger partial charge is 0.310 e. The molecule has 0 bridgehead atoms. The van der Waals surface area contributed by atoms with Crippen molar-refractivity contribution in [2.45, 2.75) is 13.8 Å². The van der Waals surface area contributed by atoms with Crippen LogP contribution in [0.1, 0.15) is 13.8 Å². The van der Waals surface area contributed by atoms with Gasteiger partial charge in [-0.1, -0.05) is 32.0 Å². The maximum absolute atomic E-state index is 13.5. The molecule has 22 heavy (non-hydrogen) atoms. The van der Waals surface area contributed by atoms with E-state index in [1.54, 1.807) is 16.5 Å². The Kier molecular flexibility index (Phi) is 3.63. The molecule has 5 heteroatoms. The molecule has 3 rings (SSSR count). The Bertz CT molecular complexity index is 839. The van der Waals surface area contributed by atoms with Gasteiger partial charge in [0, 0.05) is 17.7 Å². The molecule has 0 saturated heterocycles. The molecule has 0 radical (unpaired) electrons. The lowest BCUT2D eigenvalue weighted by Crippen LogP contribution is -2.19. The van der Waals surface area contributed by atoms with E-state index in [0.29, 0.717) is 22.7 Å². The fraction of sp³-hybridized carbons (Fsp3) is 0.176. The summed E-state index contributed by atoms with van der Waals surface area (Å²) < 4.78 is 15.3. The van der Waals surface area contributed by atoms with Gasteiger partial charge in [-0.3, -0.25) is 9.20 Å². The Labute approximate surface area is 127 Å². The lowest BCUT2D eigenvalue weighted by molar-refractivity contribution is -0.118. The first-order chi connectivity index (χ1) is 10.6. The third-order valence-corrected chi connectivity index (χ3v) is 3.39. The van der Waals surface area contributed by atoms with Crippen molar-refractivity contribution in [3.8, 4) is 11.3 Å². The highest BCUT2D eigenvalue weighted by atomic mass is 19.1. The number of pyridine rings is 1. The number of rotatable bonds is 3. The minimum Gasteiger partial charge on any atom is -0.310 e. The Morgan fingerprint density at radius 1 is 1.23 bits per heavy atom. The number of carbonyl (C=O) groups excluding carboxylic acids is 1. The number of nitrogens with zero attached hydrogens (tertiary/aromatic N) is 2. The van der Waals surface area contributed by atoms with E-state index in [4.69, 9.17) is 0 Å². The molecule has 0 aliphatic carbocycles. The lowest BCUT2D eigenvalue weighted by Gasteiger charge is -2.09. The van der Waals surface area contributed by atoms with Gasteiger partial charge in [-0.15, -0.1) is 0 Å². The molecule has 0 spiro atoms. The zero-order valence-electron chi connectivity index (χ0n) is 12.4. The molecule has 2 aromatic heterocycles. The number of aromatic nitrogens is 2. The van der Waals surface area contributed by atoms with Crippen LogP contribution < -0.4 is 5.32 Å². The van der Waals surface area contributed by atoms with Gasteiger partial charge < -0.3 is 5.32 Å². The fourth-order valence-corrected chi connectivity index (χ4v) is 2.21. The number of hydrogen-bond acceptors (Lipinski definition) is 2. The summed E-state index contributed by atoms with van der Waals surface area (Å²) in [4.78, 5) is 16.6. The first-order valence-corrected chi connectivity index (χ1v) is 7.10. The maximum atomic E-state index is 13.5. The third kappa shape index (κ3) is 2.57. The second-order valence-electron chi connectivity index (χ2n) is 5.39. The summed E-state index contributed by atoms with van der Waals surface area (Å²) in [6.45, 7) is 3.64. The van der Waals surface area contributed by atoms with Crippen LogP contribution in [-0.2, 0) is 4.79 Å². The average Bonchev–Trinajstić information content (AvgIpc) is 2.86. The number of hydrogen-bond donors (Lipinski definition) is 1. The van der Waals surface area contributed by atoms with Gasteiger partial charge in [0.05, 0.1) is 0 Å². The molecule has 0 unspecified atom stereocenters. The molecule has 0 atom stereocenters. The van der Waals surface area contributed by atoms with E-state index in [1.165, 1.54) is 12.1 Å². The van der Waals surface area contributed by atoms with Crippen LogP contribution in [0.3, 0.4) is 0 Å². The SMILES string of the molecule is CC(C)C(=O)Nc1c(-c2cccc(F)c2)nc2ccccn12. The molecule has 2 heterocycles. The smallest absolute Gasteiger partial charge is 0.228 e. The molecule has 3 aromatic rings. The molecule has 0 saturated carbocycles. The zero-order valence-corrected chi connectivity index (χ0v) is 12.4. The molecule has 0 fully saturated rings. The van der Waals surface area contributed by atoms with Gasteiger partial charge in [0.25, 0.3) is 0 Å². The number of carbonyl (C=O) groups is 1. The Balaban J connectivity index is 2.18. The topological polar surface area (TPSA) is 46.4 Å². The average molecular weight is 297 g/mol. The van der Waals surface area contributed by atoms with E-state index in [2.05, 4.69) is 10.3 Å². The van der Waals surface area contributed by atoms with E-state index >= 15 is 0 Å². The Morgan fingerprint density at radius 3 is 2.77 bits per heavy atom. The number of fused-ring (bicyclic) bond motifs is 1. The van der Waals surface area contributed by atoms with E-state index in [0.717, 1.165) is 0 Å². The summed E-state index contributed by atoms with van der Waals surface area (Å²) >= 11 is 0. The minimum atomic E-state index is -0.337. The van der Waals surface area contributed by atoms with Crippen LogP contribution in [0, 0.1) is 11.7 Å². The van der Waals surface area contributed by atoms with Crippen molar-refractivity contribution in [3.05, 3.63) is 54.5 Å². The van der Waals surface area contributed by atoms with Gasteiger partial charge >= 0.3 is 0 Å². The molecule has 0 aliphatic rings. The second-order valence-corrected chi connectivity index (χ2v) is 5.39. The van der Waals surface area contributed by atoms with Crippen LogP contribution in [0.25, 0.3) is 16.9 Å². The number of imidazole rings is 1. The van der Waals surface area contributed by atoms with Crippen LogP contribution >= 0.6 is 0 Å². The highest BCUT2D eigenvalue weighted by Gasteiger charge is 2.17. The van der Waals surface area contributed by atoms with Crippen LogP contribution in [-0.4, -0.2) is 15.3 Å². The molecular weight excluding hydrogens is 281 g/mol. The summed E-state index contributed by atoms with van der Waals surface area (Å²) in [6, 6.07) is 11.8. The van der Waals surface area contributed by atoms with Gasteiger partial charge in [0.1, 0.15) is 23.0 Å². The fourth-order valence-electron chi connectivity index (χ4n) is 2.21. The van der Waals surface area contributed by atoms with Crippen molar-refractivity contribution >= 4 is 17.4 Å². The summed E-state index contributed by atoms with van der Waals surface area (Å²) in [5.41, 5.74) is 1.88. The Hall–Kier alpha value is -2.69. The summed E-state index contributed by atoms with van der Waals surface area (Å²) in [5, 5.41) is 2.89.